The van der Waals surface area contributed by atoms with Gasteiger partial charge >= 0.3 is 0 Å². The Morgan fingerprint density at radius 2 is 1.82 bits per heavy atom. The van der Waals surface area contributed by atoms with Crippen LogP contribution in [0.3, 0.4) is 0 Å². The first-order valence-corrected chi connectivity index (χ1v) is 11.6. The molecule has 1 aromatic carbocycles. The zero-order chi connectivity index (χ0) is 25.3. The number of nitriles is 2. The fourth-order valence-electron chi connectivity index (χ4n) is 3.41. The average Bonchev–Trinajstić information content (AvgIpc) is 2.84. The Morgan fingerprint density at radius 1 is 1.18 bits per heavy atom. The Hall–Kier alpha value is -3.60. The standard InChI is InChI=1S/C24H28N6O3S/c1-4-17-18(13-25)23(30(3)15-20(32)29(2)11-8-12-31)28-24(19(17)14-26)34-21(22(27)33)16-9-6-5-7-10-16/h5-7,9-10,21,31H,4,8,11-12,15H2,1-3H3,(H2,27,33). The van der Waals surface area contributed by atoms with Crippen LogP contribution in [0.25, 0.3) is 0 Å². The van der Waals surface area contributed by atoms with Crippen molar-refractivity contribution in [1.29, 1.82) is 10.5 Å². The average molecular weight is 481 g/mol. The van der Waals surface area contributed by atoms with Crippen LogP contribution < -0.4 is 10.6 Å². The fourth-order valence-corrected chi connectivity index (χ4v) is 4.46. The predicted molar refractivity (Wildman–Crippen MR) is 130 cm³/mol. The zero-order valence-corrected chi connectivity index (χ0v) is 20.3. The Morgan fingerprint density at radius 3 is 2.35 bits per heavy atom. The lowest BCUT2D eigenvalue weighted by molar-refractivity contribution is -0.128. The third-order valence-electron chi connectivity index (χ3n) is 5.23. The Balaban J connectivity index is 2.53. The van der Waals surface area contributed by atoms with Crippen molar-refractivity contribution in [2.24, 2.45) is 5.73 Å². The summed E-state index contributed by atoms with van der Waals surface area (Å²) in [4.78, 5) is 32.5. The molecule has 0 fully saturated rings. The van der Waals surface area contributed by atoms with Gasteiger partial charge in [0.25, 0.3) is 0 Å². The molecule has 1 unspecified atom stereocenters. The van der Waals surface area contributed by atoms with E-state index in [0.29, 0.717) is 30.5 Å². The molecule has 178 valence electrons. The van der Waals surface area contributed by atoms with Crippen molar-refractivity contribution in [3.05, 3.63) is 52.6 Å². The van der Waals surface area contributed by atoms with Gasteiger partial charge in [-0.25, -0.2) is 4.98 Å². The zero-order valence-electron chi connectivity index (χ0n) is 19.5. The molecule has 0 saturated heterocycles. The summed E-state index contributed by atoms with van der Waals surface area (Å²) in [7, 11) is 3.28. The Bertz CT molecular complexity index is 1110. The maximum Gasteiger partial charge on any atom is 0.241 e. The number of primary amides is 1. The van der Waals surface area contributed by atoms with Crippen molar-refractivity contribution in [2.75, 3.05) is 38.7 Å². The molecule has 0 spiro atoms. The molecule has 0 saturated carbocycles. The highest BCUT2D eigenvalue weighted by Gasteiger charge is 2.27. The maximum atomic E-state index is 12.6. The molecule has 3 N–H and O–H groups in total. The summed E-state index contributed by atoms with van der Waals surface area (Å²) in [6.07, 6.45) is 0.846. The SMILES string of the molecule is CCc1c(C#N)c(SC(C(N)=O)c2ccccc2)nc(N(C)CC(=O)N(C)CCCO)c1C#N. The molecule has 2 amide bonds. The lowest BCUT2D eigenvalue weighted by atomic mass is 10.0. The van der Waals surface area contributed by atoms with E-state index in [0.717, 1.165) is 11.8 Å². The number of aromatic nitrogens is 1. The van der Waals surface area contributed by atoms with Gasteiger partial charge < -0.3 is 20.6 Å². The van der Waals surface area contributed by atoms with Gasteiger partial charge in [0.15, 0.2) is 0 Å². The molecule has 0 bridgehead atoms. The van der Waals surface area contributed by atoms with Crippen molar-refractivity contribution < 1.29 is 14.7 Å². The van der Waals surface area contributed by atoms with E-state index in [-0.39, 0.29) is 41.0 Å². The minimum absolute atomic E-state index is 0.0217. The third kappa shape index (κ3) is 6.25. The quantitative estimate of drug-likeness (QED) is 0.464. The van der Waals surface area contributed by atoms with Crippen molar-refractivity contribution in [3.63, 3.8) is 0 Å². The van der Waals surface area contributed by atoms with Crippen LogP contribution in [0.2, 0.25) is 0 Å². The molecule has 1 atom stereocenters. The van der Waals surface area contributed by atoms with Gasteiger partial charge in [-0.05, 0) is 24.0 Å². The van der Waals surface area contributed by atoms with Gasteiger partial charge in [-0.3, -0.25) is 9.59 Å². The Kier molecular flexibility index (Phi) is 9.87. The van der Waals surface area contributed by atoms with Crippen LogP contribution in [-0.2, 0) is 16.0 Å². The smallest absolute Gasteiger partial charge is 0.241 e. The van der Waals surface area contributed by atoms with E-state index >= 15 is 0 Å². The molecule has 34 heavy (non-hydrogen) atoms. The molecule has 2 rings (SSSR count). The van der Waals surface area contributed by atoms with Gasteiger partial charge in [-0.15, -0.1) is 0 Å². The van der Waals surface area contributed by atoms with Gasteiger partial charge in [-0.1, -0.05) is 49.0 Å². The highest BCUT2D eigenvalue weighted by atomic mass is 32.2. The van der Waals surface area contributed by atoms with Crippen molar-refractivity contribution >= 4 is 29.4 Å². The first-order valence-electron chi connectivity index (χ1n) is 10.7. The topological polar surface area (TPSA) is 147 Å². The van der Waals surface area contributed by atoms with Crippen molar-refractivity contribution in [3.8, 4) is 12.1 Å². The number of rotatable bonds is 11. The highest BCUT2D eigenvalue weighted by Crippen LogP contribution is 2.39. The molecule has 2 aromatic rings. The second kappa shape index (κ2) is 12.6. The summed E-state index contributed by atoms with van der Waals surface area (Å²) >= 11 is 1.05. The minimum Gasteiger partial charge on any atom is -0.396 e. The monoisotopic (exact) mass is 480 g/mol. The number of aliphatic hydroxyl groups is 1. The lowest BCUT2D eigenvalue weighted by Crippen LogP contribution is -2.38. The molecule has 1 aromatic heterocycles. The van der Waals surface area contributed by atoms with Crippen molar-refractivity contribution in [2.45, 2.75) is 30.0 Å². The number of nitrogens with two attached hydrogens (primary N) is 1. The van der Waals surface area contributed by atoms with Crippen molar-refractivity contribution in [1.82, 2.24) is 9.88 Å². The van der Waals surface area contributed by atoms with Gasteiger partial charge in [0.2, 0.25) is 11.8 Å². The van der Waals surface area contributed by atoms with Gasteiger partial charge in [-0.2, -0.15) is 10.5 Å². The second-order valence-electron chi connectivity index (χ2n) is 7.61. The summed E-state index contributed by atoms with van der Waals surface area (Å²) in [5.41, 5.74) is 7.27. The third-order valence-corrected chi connectivity index (χ3v) is 6.49. The van der Waals surface area contributed by atoms with Crippen LogP contribution in [0.15, 0.2) is 35.4 Å². The molecule has 9 nitrogen and oxygen atoms in total. The molecule has 0 aliphatic rings. The first-order chi connectivity index (χ1) is 16.3. The fraction of sp³-hybridized carbons (Fsp3) is 0.375. The first kappa shape index (κ1) is 26.7. The molecule has 1 heterocycles. The number of aliphatic hydroxyl groups excluding tert-OH is 1. The van der Waals surface area contributed by atoms with E-state index in [2.05, 4.69) is 17.1 Å². The molecular weight excluding hydrogens is 452 g/mol. The van der Waals surface area contributed by atoms with Gasteiger partial charge in [0.1, 0.15) is 28.2 Å². The molecule has 0 aliphatic carbocycles. The number of hydrogen-bond donors (Lipinski definition) is 2. The summed E-state index contributed by atoms with van der Waals surface area (Å²) in [6, 6.07) is 13.2. The summed E-state index contributed by atoms with van der Waals surface area (Å²) in [5.74, 6) is -0.543. The van der Waals surface area contributed by atoms with Gasteiger partial charge in [0.05, 0.1) is 17.7 Å². The van der Waals surface area contributed by atoms with E-state index < -0.39 is 11.2 Å². The normalized spacial score (nSPS) is 11.2. The minimum atomic E-state index is -0.789. The molecule has 0 radical (unpaired) electrons. The maximum absolute atomic E-state index is 12.6. The largest absolute Gasteiger partial charge is 0.396 e. The number of pyridine rings is 1. The van der Waals surface area contributed by atoms with Crippen LogP contribution in [-0.4, -0.2) is 60.6 Å². The predicted octanol–water partition coefficient (Wildman–Crippen LogP) is 1.98. The van der Waals surface area contributed by atoms with Crippen LogP contribution >= 0.6 is 11.8 Å². The van der Waals surface area contributed by atoms with Gasteiger partial charge in [0, 0.05) is 27.2 Å². The van der Waals surface area contributed by atoms with E-state index in [1.165, 1.54) is 4.90 Å². The highest BCUT2D eigenvalue weighted by molar-refractivity contribution is 8.00. The van der Waals surface area contributed by atoms with Crippen LogP contribution in [0.4, 0.5) is 5.82 Å². The van der Waals surface area contributed by atoms with Crippen LogP contribution in [0, 0.1) is 22.7 Å². The number of amides is 2. The summed E-state index contributed by atoms with van der Waals surface area (Å²) in [6.45, 7) is 2.15. The van der Waals surface area contributed by atoms with E-state index in [1.54, 1.807) is 43.3 Å². The summed E-state index contributed by atoms with van der Waals surface area (Å²) < 4.78 is 0. The Labute approximate surface area is 203 Å². The van der Waals surface area contributed by atoms with E-state index in [9.17, 15) is 20.1 Å². The molecule has 0 aliphatic heterocycles. The number of carbonyl (C=O) groups excluding carboxylic acids is 2. The van der Waals surface area contributed by atoms with E-state index in [4.69, 9.17) is 10.8 Å². The number of anilines is 1. The lowest BCUT2D eigenvalue weighted by Gasteiger charge is -2.25. The number of benzene rings is 1. The molecule has 10 heteroatoms. The second-order valence-corrected chi connectivity index (χ2v) is 8.70. The number of thioether (sulfide) groups is 1. The number of carbonyl (C=O) groups is 2. The van der Waals surface area contributed by atoms with Crippen LogP contribution in [0.5, 0.6) is 0 Å². The molecular formula is C24H28N6O3S. The number of nitrogens with zero attached hydrogens (tertiary/aromatic N) is 5. The van der Waals surface area contributed by atoms with E-state index in [1.807, 2.05) is 13.0 Å². The summed E-state index contributed by atoms with van der Waals surface area (Å²) in [5, 5.41) is 28.2. The number of hydrogen-bond acceptors (Lipinski definition) is 8. The van der Waals surface area contributed by atoms with Crippen LogP contribution in [0.1, 0.15) is 40.8 Å². The number of likely N-dealkylation sites (N-methyl/N-ethyl adjacent to an activating group) is 2.